The van der Waals surface area contributed by atoms with Crippen molar-refractivity contribution in [2.75, 3.05) is 10.6 Å². The van der Waals surface area contributed by atoms with Gasteiger partial charge in [0.25, 0.3) is 0 Å². The van der Waals surface area contributed by atoms with E-state index in [9.17, 15) is 4.39 Å². The van der Waals surface area contributed by atoms with Gasteiger partial charge in [-0.15, -0.1) is 10.2 Å². The van der Waals surface area contributed by atoms with Gasteiger partial charge in [0, 0.05) is 11.4 Å². The van der Waals surface area contributed by atoms with Crippen molar-refractivity contribution in [3.8, 4) is 0 Å². The Morgan fingerprint density at radius 2 is 1.96 bits per heavy atom. The molecule has 0 radical (unpaired) electrons. The van der Waals surface area contributed by atoms with Gasteiger partial charge in [-0.05, 0) is 36.0 Å². The van der Waals surface area contributed by atoms with Crippen molar-refractivity contribution in [1.82, 2.24) is 10.2 Å². The van der Waals surface area contributed by atoms with E-state index >= 15 is 0 Å². The lowest BCUT2D eigenvalue weighted by molar-refractivity contribution is 0.628. The van der Waals surface area contributed by atoms with Crippen LogP contribution in [0.2, 0.25) is 5.02 Å². The molecule has 1 aromatic heterocycles. The number of rotatable bonds is 5. The van der Waals surface area contributed by atoms with Gasteiger partial charge >= 0.3 is 0 Å². The van der Waals surface area contributed by atoms with E-state index in [0.29, 0.717) is 15.9 Å². The molecule has 0 spiro atoms. The zero-order chi connectivity index (χ0) is 17.6. The van der Waals surface area contributed by atoms with E-state index in [-0.39, 0.29) is 5.02 Å². The minimum Gasteiger partial charge on any atom is -0.332 e. The van der Waals surface area contributed by atoms with E-state index in [0.717, 1.165) is 10.1 Å². The first-order valence-corrected chi connectivity index (χ1v) is 9.72. The lowest BCUT2D eigenvalue weighted by atomic mass is 10.2. The first-order valence-electron chi connectivity index (χ1n) is 7.13. The first-order chi connectivity index (χ1) is 12.1. The molecule has 3 aromatic rings. The van der Waals surface area contributed by atoms with Crippen molar-refractivity contribution < 1.29 is 4.39 Å². The number of hydrogen-bond acceptors (Lipinski definition) is 5. The lowest BCUT2D eigenvalue weighted by Gasteiger charge is -2.08. The molecule has 25 heavy (non-hydrogen) atoms. The zero-order valence-electron chi connectivity index (χ0n) is 12.7. The van der Waals surface area contributed by atoms with E-state index in [4.69, 9.17) is 23.8 Å². The number of aromatic nitrogens is 2. The van der Waals surface area contributed by atoms with E-state index in [1.54, 1.807) is 17.8 Å². The average Bonchev–Trinajstić information content (AvgIpc) is 3.04. The van der Waals surface area contributed by atoms with Crippen molar-refractivity contribution >= 4 is 62.8 Å². The molecule has 0 bridgehead atoms. The van der Waals surface area contributed by atoms with Gasteiger partial charge in [0.1, 0.15) is 5.82 Å². The standard InChI is InChI=1S/C16H12ClFN4S3/c17-12-8-11(6-7-13(12)18)19-14(23)20-15-21-22-16(25-15)24-9-10-4-2-1-3-5-10/h1-8H,9H2,(H2,19,20,21,23). The molecule has 9 heteroatoms. The molecule has 0 saturated heterocycles. The maximum Gasteiger partial charge on any atom is 0.212 e. The number of halogens is 2. The second-order valence-electron chi connectivity index (χ2n) is 4.86. The Kier molecular flexibility index (Phi) is 6.19. The Balaban J connectivity index is 1.53. The number of anilines is 2. The normalized spacial score (nSPS) is 10.5. The number of nitrogens with one attached hydrogen (secondary N) is 2. The summed E-state index contributed by atoms with van der Waals surface area (Å²) in [4.78, 5) is 0. The second kappa shape index (κ2) is 8.57. The highest BCUT2D eigenvalue weighted by Crippen LogP contribution is 2.28. The van der Waals surface area contributed by atoms with Crippen LogP contribution in [0.25, 0.3) is 0 Å². The maximum atomic E-state index is 13.2. The van der Waals surface area contributed by atoms with Crippen LogP contribution >= 0.6 is 46.9 Å². The summed E-state index contributed by atoms with van der Waals surface area (Å²) in [5.41, 5.74) is 1.81. The van der Waals surface area contributed by atoms with Crippen LogP contribution in [0, 0.1) is 5.82 Å². The first kappa shape index (κ1) is 18.1. The molecule has 128 valence electrons. The summed E-state index contributed by atoms with van der Waals surface area (Å²) < 4.78 is 14.0. The second-order valence-corrected chi connectivity index (χ2v) is 7.87. The molecule has 0 atom stereocenters. The Labute approximate surface area is 162 Å². The highest BCUT2D eigenvalue weighted by atomic mass is 35.5. The smallest absolute Gasteiger partial charge is 0.212 e. The molecule has 3 rings (SSSR count). The molecular weight excluding hydrogens is 399 g/mol. The fraction of sp³-hybridized carbons (Fsp3) is 0.0625. The molecular formula is C16H12ClFN4S3. The van der Waals surface area contributed by atoms with Gasteiger partial charge < -0.3 is 10.6 Å². The topological polar surface area (TPSA) is 49.8 Å². The molecule has 0 fully saturated rings. The van der Waals surface area contributed by atoms with Crippen molar-refractivity contribution in [1.29, 1.82) is 0 Å². The summed E-state index contributed by atoms with van der Waals surface area (Å²) >= 11 is 14.0. The van der Waals surface area contributed by atoms with Gasteiger partial charge in [-0.3, -0.25) is 0 Å². The summed E-state index contributed by atoms with van der Waals surface area (Å²) in [6.07, 6.45) is 0. The quantitative estimate of drug-likeness (QED) is 0.432. The number of thioether (sulfide) groups is 1. The molecule has 4 nitrogen and oxygen atoms in total. The van der Waals surface area contributed by atoms with Gasteiger partial charge in [0.15, 0.2) is 9.45 Å². The van der Waals surface area contributed by atoms with Gasteiger partial charge in [-0.1, -0.05) is 65.0 Å². The third-order valence-electron chi connectivity index (χ3n) is 3.01. The van der Waals surface area contributed by atoms with Crippen LogP contribution in [0.5, 0.6) is 0 Å². The maximum absolute atomic E-state index is 13.2. The van der Waals surface area contributed by atoms with Crippen LogP contribution in [-0.2, 0) is 5.75 Å². The minimum absolute atomic E-state index is 0.0308. The Hall–Kier alpha value is -1.74. The molecule has 1 heterocycles. The SMILES string of the molecule is Fc1ccc(NC(=S)Nc2nnc(SCc3ccccc3)s2)cc1Cl. The van der Waals surface area contributed by atoms with Gasteiger partial charge in [0.2, 0.25) is 5.13 Å². The van der Waals surface area contributed by atoms with Crippen LogP contribution in [0.1, 0.15) is 5.56 Å². The summed E-state index contributed by atoms with van der Waals surface area (Å²) in [5.74, 6) is 0.349. The highest BCUT2D eigenvalue weighted by Gasteiger charge is 2.08. The van der Waals surface area contributed by atoms with Gasteiger partial charge in [-0.2, -0.15) is 0 Å². The molecule has 0 aliphatic heterocycles. The molecule has 0 aliphatic rings. The van der Waals surface area contributed by atoms with Crippen molar-refractivity contribution in [3.63, 3.8) is 0 Å². The third kappa shape index (κ3) is 5.37. The molecule has 0 amide bonds. The van der Waals surface area contributed by atoms with Crippen LogP contribution in [0.15, 0.2) is 52.9 Å². The zero-order valence-corrected chi connectivity index (χ0v) is 15.9. The van der Waals surface area contributed by atoms with Crippen molar-refractivity contribution in [3.05, 3.63) is 64.9 Å². The molecule has 2 N–H and O–H groups in total. The highest BCUT2D eigenvalue weighted by molar-refractivity contribution is 8.00. The van der Waals surface area contributed by atoms with Crippen LogP contribution in [0.3, 0.4) is 0 Å². The number of thiocarbonyl (C=S) groups is 1. The Bertz CT molecular complexity index is 873. The Morgan fingerprint density at radius 1 is 1.16 bits per heavy atom. The fourth-order valence-corrected chi connectivity index (χ4v) is 4.04. The molecule has 0 saturated carbocycles. The van der Waals surface area contributed by atoms with Gasteiger partial charge in [-0.25, -0.2) is 4.39 Å². The number of benzene rings is 2. The Morgan fingerprint density at radius 3 is 2.72 bits per heavy atom. The van der Waals surface area contributed by atoms with E-state index in [2.05, 4.69) is 33.0 Å². The largest absolute Gasteiger partial charge is 0.332 e. The fourth-order valence-electron chi connectivity index (χ4n) is 1.87. The average molecular weight is 411 g/mol. The van der Waals surface area contributed by atoms with Crippen molar-refractivity contribution in [2.45, 2.75) is 10.1 Å². The predicted molar refractivity (Wildman–Crippen MR) is 107 cm³/mol. The number of nitrogens with zero attached hydrogens (tertiary/aromatic N) is 2. The molecule has 0 unspecified atom stereocenters. The summed E-state index contributed by atoms with van der Waals surface area (Å²) in [7, 11) is 0. The van der Waals surface area contributed by atoms with E-state index < -0.39 is 5.82 Å². The van der Waals surface area contributed by atoms with Gasteiger partial charge in [0.05, 0.1) is 5.02 Å². The van der Waals surface area contributed by atoms with Crippen LogP contribution in [0.4, 0.5) is 15.2 Å². The van der Waals surface area contributed by atoms with Crippen LogP contribution < -0.4 is 10.6 Å². The van der Waals surface area contributed by atoms with Crippen LogP contribution in [-0.4, -0.2) is 15.3 Å². The van der Waals surface area contributed by atoms with E-state index in [1.807, 2.05) is 18.2 Å². The monoisotopic (exact) mass is 410 g/mol. The minimum atomic E-state index is -0.477. The summed E-state index contributed by atoms with van der Waals surface area (Å²) in [6, 6.07) is 14.4. The van der Waals surface area contributed by atoms with E-state index in [1.165, 1.54) is 29.0 Å². The summed E-state index contributed by atoms with van der Waals surface area (Å²) in [6.45, 7) is 0. The number of hydrogen-bond donors (Lipinski definition) is 2. The molecule has 2 aromatic carbocycles. The lowest BCUT2D eigenvalue weighted by Crippen LogP contribution is -2.18. The third-order valence-corrected chi connectivity index (χ3v) is 5.55. The predicted octanol–water partition coefficient (Wildman–Crippen LogP) is 5.43. The summed E-state index contributed by atoms with van der Waals surface area (Å²) in [5, 5.41) is 15.0. The molecule has 0 aliphatic carbocycles. The van der Waals surface area contributed by atoms with Crippen molar-refractivity contribution in [2.24, 2.45) is 0 Å².